The lowest BCUT2D eigenvalue weighted by molar-refractivity contribution is 0.217. The number of benzene rings is 2. The first-order valence-electron chi connectivity index (χ1n) is 10.5. The number of hydrogen-bond acceptors (Lipinski definition) is 7. The van der Waals surface area contributed by atoms with Crippen LogP contribution in [0.3, 0.4) is 0 Å². The second-order valence-electron chi connectivity index (χ2n) is 7.58. The first-order valence-corrected chi connectivity index (χ1v) is 10.9. The van der Waals surface area contributed by atoms with Gasteiger partial charge < -0.3 is 18.8 Å². The van der Waals surface area contributed by atoms with Gasteiger partial charge in [0.05, 0.1) is 27.3 Å². The van der Waals surface area contributed by atoms with E-state index in [-0.39, 0.29) is 0 Å². The average molecular weight is 441 g/mol. The molecule has 0 bridgehead atoms. The molecule has 1 saturated heterocycles. The maximum atomic E-state index is 5.75. The fourth-order valence-corrected chi connectivity index (χ4v) is 3.98. The zero-order valence-electron chi connectivity index (χ0n) is 18.0. The molecule has 7 nitrogen and oxygen atoms in total. The van der Waals surface area contributed by atoms with E-state index in [9.17, 15) is 0 Å². The molecule has 1 aliphatic heterocycles. The molecule has 0 atom stereocenters. The first kappa shape index (κ1) is 21.4. The highest BCUT2D eigenvalue weighted by Gasteiger charge is 2.17. The first-order chi connectivity index (χ1) is 15.1. The fraction of sp³-hybridized carbons (Fsp3) is 0.391. The summed E-state index contributed by atoms with van der Waals surface area (Å²) in [6, 6.07) is 16.2. The van der Waals surface area contributed by atoms with Gasteiger partial charge in [-0.15, -0.1) is 5.10 Å². The van der Waals surface area contributed by atoms with Crippen LogP contribution in [-0.4, -0.2) is 55.1 Å². The Morgan fingerprint density at radius 1 is 0.903 bits per heavy atom. The molecule has 8 heteroatoms. The molecule has 2 heterocycles. The van der Waals surface area contributed by atoms with Gasteiger partial charge in [0.25, 0.3) is 4.84 Å². The summed E-state index contributed by atoms with van der Waals surface area (Å²) in [5.41, 5.74) is 2.33. The van der Waals surface area contributed by atoms with Crippen molar-refractivity contribution in [1.29, 1.82) is 0 Å². The molecule has 1 aliphatic rings. The summed E-state index contributed by atoms with van der Waals surface area (Å²) < 4.78 is 18.0. The molecule has 0 spiro atoms. The van der Waals surface area contributed by atoms with Crippen LogP contribution >= 0.6 is 12.2 Å². The molecule has 31 heavy (non-hydrogen) atoms. The predicted octanol–water partition coefficient (Wildman–Crippen LogP) is 3.98. The summed E-state index contributed by atoms with van der Waals surface area (Å²) >= 11 is 5.42. The molecule has 1 fully saturated rings. The lowest BCUT2D eigenvalue weighted by atomic mass is 10.1. The van der Waals surface area contributed by atoms with Crippen LogP contribution in [0.1, 0.15) is 17.9 Å². The van der Waals surface area contributed by atoms with Crippen LogP contribution in [0, 0.1) is 4.84 Å². The van der Waals surface area contributed by atoms with E-state index >= 15 is 0 Å². The molecule has 0 radical (unpaired) electrons. The Bertz CT molecular complexity index is 1030. The van der Waals surface area contributed by atoms with Crippen molar-refractivity contribution in [3.63, 3.8) is 0 Å². The summed E-state index contributed by atoms with van der Waals surface area (Å²) in [6.07, 6.45) is 1.68. The van der Waals surface area contributed by atoms with E-state index in [1.54, 1.807) is 18.9 Å². The summed E-state index contributed by atoms with van der Waals surface area (Å²) in [7, 11) is 3.35. The number of anilines is 1. The molecule has 0 N–H and O–H groups in total. The predicted molar refractivity (Wildman–Crippen MR) is 123 cm³/mol. The van der Waals surface area contributed by atoms with Crippen molar-refractivity contribution in [2.45, 2.75) is 19.5 Å². The number of hydrogen-bond donors (Lipinski definition) is 0. The van der Waals surface area contributed by atoms with Crippen molar-refractivity contribution in [2.75, 3.05) is 45.3 Å². The van der Waals surface area contributed by atoms with E-state index in [1.807, 2.05) is 36.4 Å². The van der Waals surface area contributed by atoms with Crippen molar-refractivity contribution in [3.05, 3.63) is 64.8 Å². The Morgan fingerprint density at radius 2 is 1.58 bits per heavy atom. The number of aromatic nitrogens is 2. The van der Waals surface area contributed by atoms with Gasteiger partial charge in [-0.25, -0.2) is 4.68 Å². The average Bonchev–Trinajstić information content (AvgIpc) is 2.99. The van der Waals surface area contributed by atoms with Gasteiger partial charge in [0.1, 0.15) is 11.5 Å². The minimum Gasteiger partial charge on any atom is -0.497 e. The van der Waals surface area contributed by atoms with E-state index in [2.05, 4.69) is 27.0 Å². The standard InChI is InChI=1S/C23H28N4O3S/c1-28-20-8-4-18(5-9-20)16-22-24-27(23(31)30-22)17-25-12-3-13-26(15-14-25)19-6-10-21(29-2)11-7-19/h4-11H,3,12-17H2,1-2H3. The number of nitrogens with zero attached hydrogens (tertiary/aromatic N) is 4. The largest absolute Gasteiger partial charge is 0.497 e. The number of ether oxygens (including phenoxy) is 2. The monoisotopic (exact) mass is 440 g/mol. The van der Waals surface area contributed by atoms with Crippen LogP contribution in [0.25, 0.3) is 0 Å². The number of rotatable bonds is 7. The highest BCUT2D eigenvalue weighted by atomic mass is 32.1. The molecular weight excluding hydrogens is 412 g/mol. The Balaban J connectivity index is 1.36. The van der Waals surface area contributed by atoms with Crippen LogP contribution in [0.5, 0.6) is 11.5 Å². The van der Waals surface area contributed by atoms with Crippen molar-refractivity contribution in [2.24, 2.45) is 0 Å². The van der Waals surface area contributed by atoms with Gasteiger partial charge in [-0.05, 0) is 60.6 Å². The van der Waals surface area contributed by atoms with E-state index in [1.165, 1.54) is 5.69 Å². The molecule has 4 rings (SSSR count). The third-order valence-electron chi connectivity index (χ3n) is 5.52. The maximum Gasteiger partial charge on any atom is 0.288 e. The lowest BCUT2D eigenvalue weighted by Crippen LogP contribution is -2.32. The number of methoxy groups -OCH3 is 2. The highest BCUT2D eigenvalue weighted by molar-refractivity contribution is 7.71. The molecule has 164 valence electrons. The van der Waals surface area contributed by atoms with Crippen LogP contribution in [0.4, 0.5) is 5.69 Å². The molecule has 0 aliphatic carbocycles. The lowest BCUT2D eigenvalue weighted by Gasteiger charge is -2.23. The van der Waals surface area contributed by atoms with Crippen LogP contribution in [0.2, 0.25) is 0 Å². The van der Waals surface area contributed by atoms with Crippen LogP contribution in [-0.2, 0) is 13.1 Å². The summed E-state index contributed by atoms with van der Waals surface area (Å²) in [4.78, 5) is 5.20. The normalized spacial score (nSPS) is 15.0. The molecule has 0 amide bonds. The summed E-state index contributed by atoms with van der Waals surface area (Å²) in [5.74, 6) is 2.34. The Hall–Kier alpha value is -2.84. The third kappa shape index (κ3) is 5.45. The Kier molecular flexibility index (Phi) is 6.89. The molecule has 0 unspecified atom stereocenters. The summed E-state index contributed by atoms with van der Waals surface area (Å²) in [5, 5.41) is 4.61. The zero-order valence-corrected chi connectivity index (χ0v) is 18.8. The van der Waals surface area contributed by atoms with Crippen molar-refractivity contribution in [3.8, 4) is 11.5 Å². The second kappa shape index (κ2) is 9.98. The fourth-order valence-electron chi connectivity index (χ4n) is 3.78. The third-order valence-corrected chi connectivity index (χ3v) is 5.82. The van der Waals surface area contributed by atoms with Crippen molar-refractivity contribution >= 4 is 17.9 Å². The van der Waals surface area contributed by atoms with Crippen LogP contribution < -0.4 is 14.4 Å². The van der Waals surface area contributed by atoms with Crippen LogP contribution in [0.15, 0.2) is 52.9 Å². The smallest absolute Gasteiger partial charge is 0.288 e. The minimum atomic E-state index is 0.416. The Labute approximate surface area is 187 Å². The van der Waals surface area contributed by atoms with Gasteiger partial charge in [0, 0.05) is 31.9 Å². The van der Waals surface area contributed by atoms with Crippen molar-refractivity contribution < 1.29 is 13.9 Å². The maximum absolute atomic E-state index is 5.75. The topological polar surface area (TPSA) is 55.9 Å². The van der Waals surface area contributed by atoms with Gasteiger partial charge in [0.15, 0.2) is 0 Å². The SMILES string of the molecule is COc1ccc(Cc2nn(CN3CCCN(c4ccc(OC)cc4)CC3)c(=S)o2)cc1. The van der Waals surface area contributed by atoms with E-state index in [0.717, 1.165) is 49.7 Å². The zero-order chi connectivity index (χ0) is 21.6. The molecule has 3 aromatic rings. The molecular formula is C23H28N4O3S. The van der Waals surface area contributed by atoms with Crippen molar-refractivity contribution in [1.82, 2.24) is 14.7 Å². The van der Waals surface area contributed by atoms with Gasteiger partial charge in [-0.1, -0.05) is 12.1 Å². The van der Waals surface area contributed by atoms with Gasteiger partial charge in [0.2, 0.25) is 5.89 Å². The van der Waals surface area contributed by atoms with E-state index < -0.39 is 0 Å². The molecule has 2 aromatic carbocycles. The second-order valence-corrected chi connectivity index (χ2v) is 7.93. The van der Waals surface area contributed by atoms with E-state index in [0.29, 0.717) is 23.8 Å². The minimum absolute atomic E-state index is 0.416. The van der Waals surface area contributed by atoms with E-state index in [4.69, 9.17) is 26.1 Å². The Morgan fingerprint density at radius 3 is 2.26 bits per heavy atom. The molecule has 1 aromatic heterocycles. The quantitative estimate of drug-likeness (QED) is 0.515. The van der Waals surface area contributed by atoms with Gasteiger partial charge in [-0.2, -0.15) is 0 Å². The molecule has 0 saturated carbocycles. The van der Waals surface area contributed by atoms with Gasteiger partial charge in [-0.3, -0.25) is 4.90 Å². The van der Waals surface area contributed by atoms with Gasteiger partial charge >= 0.3 is 0 Å². The highest BCUT2D eigenvalue weighted by Crippen LogP contribution is 2.21. The summed E-state index contributed by atoms with van der Waals surface area (Å²) in [6.45, 7) is 4.55.